The first-order chi connectivity index (χ1) is 36.6. The maximum Gasteiger partial charge on any atom is 1.00 e. The molecule has 9 heterocycles. The monoisotopic (exact) mass is 1410 g/mol. The molecule has 0 unspecified atom stereocenters. The summed E-state index contributed by atoms with van der Waals surface area (Å²) in [7, 11) is 2.19. The molecule has 4 aliphatic heterocycles. The second-order valence-corrected chi connectivity index (χ2v) is 24.5. The van der Waals surface area contributed by atoms with Crippen LogP contribution >= 0.6 is 79.6 Å². The van der Waals surface area contributed by atoms with Crippen LogP contribution in [0.15, 0.2) is 126 Å². The maximum atomic E-state index is 11.9. The van der Waals surface area contributed by atoms with Crippen molar-refractivity contribution in [3.8, 4) is 0 Å². The van der Waals surface area contributed by atoms with E-state index in [0.717, 1.165) is 49.8 Å². The van der Waals surface area contributed by atoms with E-state index in [4.69, 9.17) is 9.47 Å². The van der Waals surface area contributed by atoms with Crippen molar-refractivity contribution in [3.05, 3.63) is 143 Å². The SMILES string of the molecule is Brc1ccc(Br)nc1.Brc1ccc(C2=NCCC2)cn1.Brc1ccc([C@@H]2CCCN2)cn1.CC(C)(C)OC(=O)CCCCC(=O)c1ccc(Br)nc1.CC(C)(C)OC(=O)N1CCCC1=O.CN1CCC[C@H]1c1cccnc1.[Na+].[OH-]. The van der Waals surface area contributed by atoms with E-state index in [0.29, 0.717) is 60.9 Å². The zero-order chi connectivity index (χ0) is 56.4. The van der Waals surface area contributed by atoms with Crippen molar-refractivity contribution in [2.75, 3.05) is 33.2 Å². The molecular formula is C57H73Br5N9NaO7. The fourth-order valence-corrected chi connectivity index (χ4v) is 9.11. The van der Waals surface area contributed by atoms with E-state index < -0.39 is 17.3 Å². The fraction of sp³-hybridized carbons (Fsp3) is 0.474. The maximum absolute atomic E-state index is 11.9. The third-order valence-electron chi connectivity index (χ3n) is 11.6. The number of ether oxygens (including phenoxy) is 2. The first-order valence-electron chi connectivity index (χ1n) is 25.8. The van der Waals surface area contributed by atoms with Crippen LogP contribution in [-0.2, 0) is 19.1 Å². The van der Waals surface area contributed by atoms with E-state index in [-0.39, 0.29) is 52.7 Å². The third-order valence-corrected chi connectivity index (χ3v) is 14.0. The molecule has 5 aromatic rings. The largest absolute Gasteiger partial charge is 1.00 e. The Morgan fingerprint density at radius 2 is 1.30 bits per heavy atom. The molecule has 0 aliphatic carbocycles. The number of nitrogens with one attached hydrogen (secondary N) is 1. The number of hydrogen-bond donors (Lipinski definition) is 1. The third kappa shape index (κ3) is 29.5. The number of unbranched alkanes of at least 4 members (excludes halogenated alkanes) is 1. The standard InChI is InChI=1S/C15H20BrNO3.C10H14N2.C9H11BrN2.C9H9BrN2.C9H15NO3.C5H3Br2N.Na.H2O/c1-15(2,3)20-14(19)7-5-4-6-12(18)11-8-9-13(16)17-10-11;1-12-7-3-5-10(12)9-4-2-6-11-8-9;2*10-9-4-3-7(6-12-9)8-2-1-5-11-8;1-9(2,3)13-8(12)10-6-4-5-7(10)11;6-4-1-2-5(7)8-3-4;;/h8-10H,4-7H2,1-3H3;2,4,6,8,10H,3,5,7H2,1H3;3-4,6,8,11H,1-2,5H2;3-4,6H,1-2,5H2;4-6H2,1-3H3;1-3H;;1H2/q;;;;;;+1;/p-1/t;10-;8-;;;;;/m.00...../s1. The smallest absolute Gasteiger partial charge is 0.870 e. The van der Waals surface area contributed by atoms with Gasteiger partial charge in [-0.05, 0) is 259 Å². The average Bonchev–Trinajstić information content (AvgIpc) is 4.26. The summed E-state index contributed by atoms with van der Waals surface area (Å²) < 4.78 is 14.6. The van der Waals surface area contributed by atoms with Crippen molar-refractivity contribution in [1.29, 1.82) is 0 Å². The van der Waals surface area contributed by atoms with Gasteiger partial charge in [0.1, 0.15) is 29.6 Å². The number of ketones is 1. The molecule has 16 nitrogen and oxygen atoms in total. The number of esters is 1. The van der Waals surface area contributed by atoms with Crippen molar-refractivity contribution in [1.82, 2.24) is 40.0 Å². The summed E-state index contributed by atoms with van der Waals surface area (Å²) in [6, 6.07) is 20.8. The summed E-state index contributed by atoms with van der Waals surface area (Å²) in [5.41, 5.74) is 4.65. The van der Waals surface area contributed by atoms with Crippen molar-refractivity contribution >= 4 is 109 Å². The Labute approximate surface area is 531 Å². The van der Waals surface area contributed by atoms with Gasteiger partial charge in [0.2, 0.25) is 5.91 Å². The number of aliphatic imine (C=N–C) groups is 1. The zero-order valence-electron chi connectivity index (χ0n) is 46.6. The summed E-state index contributed by atoms with van der Waals surface area (Å²) in [4.78, 5) is 74.3. The number of hydrogen-bond acceptors (Lipinski definition) is 15. The number of carbonyl (C=O) groups is 4. The van der Waals surface area contributed by atoms with Crippen molar-refractivity contribution in [2.24, 2.45) is 4.99 Å². The number of aromatic nitrogens is 5. The molecule has 0 bridgehead atoms. The van der Waals surface area contributed by atoms with E-state index in [9.17, 15) is 19.2 Å². The van der Waals surface area contributed by atoms with Gasteiger partial charge in [-0.2, -0.15) is 0 Å². The van der Waals surface area contributed by atoms with Gasteiger partial charge in [-0.3, -0.25) is 29.3 Å². The number of carbonyl (C=O) groups excluding carboxylic acids is 4. The Hall–Kier alpha value is -3.22. The van der Waals surface area contributed by atoms with Crippen LogP contribution in [0.4, 0.5) is 4.79 Å². The Bertz CT molecular complexity index is 2590. The minimum absolute atomic E-state index is 0. The zero-order valence-corrected chi connectivity index (χ0v) is 56.5. The van der Waals surface area contributed by atoms with Gasteiger partial charge in [-0.15, -0.1) is 0 Å². The van der Waals surface area contributed by atoms with Crippen molar-refractivity contribution in [2.45, 2.75) is 142 Å². The topological polar surface area (TPSA) is 212 Å². The first kappa shape index (κ1) is 71.9. The number of rotatable bonds is 9. The minimum Gasteiger partial charge on any atom is -0.870 e. The molecule has 2 N–H and O–H groups in total. The van der Waals surface area contributed by atoms with Crippen LogP contribution in [0.2, 0.25) is 0 Å². The predicted molar refractivity (Wildman–Crippen MR) is 323 cm³/mol. The molecule has 2 atom stereocenters. The van der Waals surface area contributed by atoms with Gasteiger partial charge in [-0.25, -0.2) is 29.6 Å². The number of nitrogens with zero attached hydrogens (tertiary/aromatic N) is 8. The summed E-state index contributed by atoms with van der Waals surface area (Å²) in [6.07, 6.45) is 21.1. The van der Waals surface area contributed by atoms with E-state index in [2.05, 4.69) is 145 Å². The molecule has 0 saturated carbocycles. The molecule has 0 spiro atoms. The molecule has 4 aliphatic rings. The van der Waals surface area contributed by atoms with Crippen LogP contribution in [0.3, 0.4) is 0 Å². The van der Waals surface area contributed by atoms with E-state index >= 15 is 0 Å². The number of amides is 2. The number of likely N-dealkylation sites (tertiary alicyclic amines) is 2. The second-order valence-electron chi connectivity index (χ2n) is 20.3. The van der Waals surface area contributed by atoms with Gasteiger partial charge in [0, 0.05) is 103 Å². The van der Waals surface area contributed by atoms with Gasteiger partial charge in [0.15, 0.2) is 5.78 Å². The Morgan fingerprint density at radius 3 is 1.77 bits per heavy atom. The molecule has 22 heteroatoms. The van der Waals surface area contributed by atoms with Crippen LogP contribution in [0, 0.1) is 0 Å². The molecule has 9 rings (SSSR count). The van der Waals surface area contributed by atoms with Crippen LogP contribution in [0.1, 0.15) is 158 Å². The van der Waals surface area contributed by atoms with E-state index in [1.54, 1.807) is 45.3 Å². The number of halogens is 5. The Balaban J connectivity index is 0.000000328. The van der Waals surface area contributed by atoms with Crippen LogP contribution in [0.5, 0.6) is 0 Å². The van der Waals surface area contributed by atoms with Gasteiger partial charge < -0.3 is 20.3 Å². The van der Waals surface area contributed by atoms with E-state index in [1.165, 1.54) is 60.4 Å². The molecule has 3 fully saturated rings. The van der Waals surface area contributed by atoms with Gasteiger partial charge in [-0.1, -0.05) is 12.1 Å². The molecule has 5 aromatic heterocycles. The molecular weight excluding hydrogens is 1350 g/mol. The first-order valence-corrected chi connectivity index (χ1v) is 29.8. The quantitative estimate of drug-likeness (QED) is 0.0478. The van der Waals surface area contributed by atoms with Gasteiger partial charge in [0.25, 0.3) is 0 Å². The molecule has 424 valence electrons. The van der Waals surface area contributed by atoms with Gasteiger partial charge >= 0.3 is 41.6 Å². The van der Waals surface area contributed by atoms with Crippen LogP contribution in [-0.4, -0.2) is 114 Å². The summed E-state index contributed by atoms with van der Waals surface area (Å²) in [5, 5.41) is 3.44. The summed E-state index contributed by atoms with van der Waals surface area (Å²) >= 11 is 16.3. The number of imide groups is 1. The van der Waals surface area contributed by atoms with Crippen molar-refractivity contribution in [3.63, 3.8) is 0 Å². The molecule has 0 radical (unpaired) electrons. The molecule has 2 amide bonds. The fourth-order valence-electron chi connectivity index (χ4n) is 7.94. The Morgan fingerprint density at radius 1 is 0.671 bits per heavy atom. The minimum atomic E-state index is -0.528. The van der Waals surface area contributed by atoms with Crippen LogP contribution < -0.4 is 34.9 Å². The number of Topliss-reactive ketones (excluding diaryl/α,β-unsaturated/α-hetero) is 1. The summed E-state index contributed by atoms with van der Waals surface area (Å²) in [6.45, 7) is 14.7. The van der Waals surface area contributed by atoms with Crippen LogP contribution in [0.25, 0.3) is 0 Å². The molecule has 0 aromatic carbocycles. The summed E-state index contributed by atoms with van der Waals surface area (Å²) in [5.74, 6) is -0.293. The average molecular weight is 1420 g/mol. The number of pyridine rings is 5. The van der Waals surface area contributed by atoms with Crippen molar-refractivity contribution < 1.29 is 63.7 Å². The predicted octanol–water partition coefficient (Wildman–Crippen LogP) is 11.5. The molecule has 3 saturated heterocycles. The van der Waals surface area contributed by atoms with Gasteiger partial charge in [0.05, 0.1) is 0 Å². The molecule has 79 heavy (non-hydrogen) atoms. The van der Waals surface area contributed by atoms with E-state index in [1.807, 2.05) is 75.9 Å². The second kappa shape index (κ2) is 37.8. The normalized spacial score (nSPS) is 16.4. The Kier molecular flexibility index (Phi) is 34.4.